The summed E-state index contributed by atoms with van der Waals surface area (Å²) in [6.07, 6.45) is 7.07. The molecule has 0 radical (unpaired) electrons. The Morgan fingerprint density at radius 3 is 3.00 bits per heavy atom. The Hall–Kier alpha value is -1.67. The summed E-state index contributed by atoms with van der Waals surface area (Å²) < 4.78 is 0. The first kappa shape index (κ1) is 13.3. The number of nitrogens with zero attached hydrogens (tertiary/aromatic N) is 4. The fourth-order valence-corrected chi connectivity index (χ4v) is 4.14. The van der Waals surface area contributed by atoms with Gasteiger partial charge in [0.25, 0.3) is 0 Å². The van der Waals surface area contributed by atoms with Crippen LogP contribution in [-0.2, 0) is 12.8 Å². The maximum Gasteiger partial charge on any atom is 0.141 e. The van der Waals surface area contributed by atoms with Crippen molar-refractivity contribution in [2.75, 3.05) is 18.0 Å². The van der Waals surface area contributed by atoms with Crippen LogP contribution < -0.4 is 4.90 Å². The minimum Gasteiger partial charge on any atom is -0.355 e. The number of rotatable bonds is 4. The van der Waals surface area contributed by atoms with Gasteiger partial charge in [0, 0.05) is 18.0 Å². The van der Waals surface area contributed by atoms with Crippen LogP contribution in [0.3, 0.4) is 0 Å². The molecule has 0 fully saturated rings. The van der Waals surface area contributed by atoms with Crippen molar-refractivity contribution in [1.29, 1.82) is 5.26 Å². The van der Waals surface area contributed by atoms with Crippen molar-refractivity contribution in [3.63, 3.8) is 0 Å². The quantitative estimate of drug-likeness (QED) is 0.865. The van der Waals surface area contributed by atoms with Crippen LogP contribution in [0.4, 0.5) is 5.82 Å². The highest BCUT2D eigenvalue weighted by Crippen LogP contribution is 2.39. The van der Waals surface area contributed by atoms with Crippen LogP contribution in [0, 0.1) is 11.3 Å². The van der Waals surface area contributed by atoms with E-state index in [0.29, 0.717) is 6.42 Å². The van der Waals surface area contributed by atoms with E-state index in [1.54, 1.807) is 6.33 Å². The molecule has 3 rings (SSSR count). The van der Waals surface area contributed by atoms with Gasteiger partial charge in [0.1, 0.15) is 17.0 Å². The summed E-state index contributed by atoms with van der Waals surface area (Å²) in [6.45, 7) is 3.73. The van der Waals surface area contributed by atoms with Crippen LogP contribution in [0.15, 0.2) is 6.33 Å². The number of thiophene rings is 1. The molecule has 20 heavy (non-hydrogen) atoms. The molecule has 0 aromatic carbocycles. The zero-order chi connectivity index (χ0) is 13.9. The van der Waals surface area contributed by atoms with Gasteiger partial charge in [0.15, 0.2) is 0 Å². The lowest BCUT2D eigenvalue weighted by Crippen LogP contribution is -2.25. The lowest BCUT2D eigenvalue weighted by Gasteiger charge is -2.22. The van der Waals surface area contributed by atoms with E-state index in [4.69, 9.17) is 5.26 Å². The fraction of sp³-hybridized carbons (Fsp3) is 0.533. The first-order valence-electron chi connectivity index (χ1n) is 7.22. The largest absolute Gasteiger partial charge is 0.355 e. The number of hydrogen-bond acceptors (Lipinski definition) is 5. The molecule has 2 aromatic rings. The van der Waals surface area contributed by atoms with E-state index >= 15 is 0 Å². The van der Waals surface area contributed by atoms with Crippen LogP contribution in [0.1, 0.15) is 36.6 Å². The van der Waals surface area contributed by atoms with Crippen LogP contribution >= 0.6 is 11.3 Å². The lowest BCUT2D eigenvalue weighted by atomic mass is 9.97. The molecule has 0 amide bonds. The van der Waals surface area contributed by atoms with Gasteiger partial charge in [-0.3, -0.25) is 0 Å². The maximum atomic E-state index is 8.82. The average Bonchev–Trinajstić information content (AvgIpc) is 2.87. The average molecular weight is 286 g/mol. The molecule has 2 aromatic heterocycles. The highest BCUT2D eigenvalue weighted by Gasteiger charge is 2.21. The SMILES string of the molecule is CCN(CCC#N)c1ncnc2sc3c(c12)CCCC3. The summed E-state index contributed by atoms with van der Waals surface area (Å²) >= 11 is 1.82. The molecule has 1 aliphatic carbocycles. The standard InChI is InChI=1S/C15H18N4S/c1-2-19(9-5-8-16)14-13-11-6-3-4-7-12(11)20-15(13)18-10-17-14/h10H,2-7,9H2,1H3. The zero-order valence-corrected chi connectivity index (χ0v) is 12.5. The lowest BCUT2D eigenvalue weighted by molar-refractivity contribution is 0.699. The van der Waals surface area contributed by atoms with Gasteiger partial charge in [-0.25, -0.2) is 9.97 Å². The molecule has 5 heteroatoms. The second-order valence-corrected chi connectivity index (χ2v) is 6.16. The Labute approximate surface area is 123 Å². The van der Waals surface area contributed by atoms with Crippen LogP contribution in [0.2, 0.25) is 0 Å². The van der Waals surface area contributed by atoms with E-state index in [-0.39, 0.29) is 0 Å². The summed E-state index contributed by atoms with van der Waals surface area (Å²) in [5.41, 5.74) is 1.46. The van der Waals surface area contributed by atoms with Crippen LogP contribution in [0.25, 0.3) is 10.2 Å². The Morgan fingerprint density at radius 2 is 2.20 bits per heavy atom. The van der Waals surface area contributed by atoms with Gasteiger partial charge in [0.05, 0.1) is 17.9 Å². The molecular weight excluding hydrogens is 268 g/mol. The highest BCUT2D eigenvalue weighted by atomic mass is 32.1. The molecule has 0 bridgehead atoms. The molecule has 0 N–H and O–H groups in total. The summed E-state index contributed by atoms with van der Waals surface area (Å²) in [5, 5.41) is 10.1. The van der Waals surface area contributed by atoms with Crippen molar-refractivity contribution in [1.82, 2.24) is 9.97 Å². The Kier molecular flexibility index (Phi) is 3.83. The maximum absolute atomic E-state index is 8.82. The van der Waals surface area contributed by atoms with Gasteiger partial charge < -0.3 is 4.90 Å². The van der Waals surface area contributed by atoms with E-state index in [9.17, 15) is 0 Å². The molecule has 0 atom stereocenters. The van der Waals surface area contributed by atoms with Crippen LogP contribution in [0.5, 0.6) is 0 Å². The Bertz CT molecular complexity index is 656. The van der Waals surface area contributed by atoms with Gasteiger partial charge in [-0.2, -0.15) is 5.26 Å². The van der Waals surface area contributed by atoms with E-state index < -0.39 is 0 Å². The molecule has 0 aliphatic heterocycles. The minimum atomic E-state index is 0.533. The molecular formula is C15H18N4S. The first-order valence-corrected chi connectivity index (χ1v) is 8.04. The fourth-order valence-electron chi connectivity index (χ4n) is 2.91. The first-order chi connectivity index (χ1) is 9.85. The Morgan fingerprint density at radius 1 is 1.35 bits per heavy atom. The number of aryl methyl sites for hydroxylation is 2. The number of nitriles is 1. The second kappa shape index (κ2) is 5.76. The molecule has 1 aliphatic rings. The van der Waals surface area contributed by atoms with Gasteiger partial charge in [-0.05, 0) is 38.2 Å². The number of hydrogen-bond donors (Lipinski definition) is 0. The molecule has 2 heterocycles. The van der Waals surface area contributed by atoms with Crippen molar-refractivity contribution in [3.05, 3.63) is 16.8 Å². The van der Waals surface area contributed by atoms with Gasteiger partial charge in [0.2, 0.25) is 0 Å². The highest BCUT2D eigenvalue weighted by molar-refractivity contribution is 7.19. The third-order valence-corrected chi connectivity index (χ3v) is 5.11. The summed E-state index contributed by atoms with van der Waals surface area (Å²) in [4.78, 5) is 13.8. The van der Waals surface area contributed by atoms with E-state index in [2.05, 4.69) is 27.9 Å². The molecule has 0 unspecified atom stereocenters. The molecule has 4 nitrogen and oxygen atoms in total. The zero-order valence-electron chi connectivity index (χ0n) is 11.7. The van der Waals surface area contributed by atoms with Gasteiger partial charge >= 0.3 is 0 Å². The molecule has 0 saturated heterocycles. The number of aromatic nitrogens is 2. The predicted molar refractivity (Wildman–Crippen MR) is 82.2 cm³/mol. The monoisotopic (exact) mass is 286 g/mol. The third-order valence-electron chi connectivity index (χ3n) is 3.91. The van der Waals surface area contributed by atoms with Crippen molar-refractivity contribution in [3.8, 4) is 6.07 Å². The third kappa shape index (κ3) is 2.25. The summed E-state index contributed by atoms with van der Waals surface area (Å²) in [5.74, 6) is 1.02. The van der Waals surface area contributed by atoms with E-state index in [1.165, 1.54) is 35.1 Å². The topological polar surface area (TPSA) is 52.8 Å². The predicted octanol–water partition coefficient (Wildman–Crippen LogP) is 3.31. The Balaban J connectivity index is 2.10. The van der Waals surface area contributed by atoms with Gasteiger partial charge in [-0.1, -0.05) is 0 Å². The van der Waals surface area contributed by atoms with E-state index in [0.717, 1.165) is 30.2 Å². The molecule has 104 valence electrons. The summed E-state index contributed by atoms with van der Waals surface area (Å²) in [7, 11) is 0. The van der Waals surface area contributed by atoms with E-state index in [1.807, 2.05) is 11.3 Å². The van der Waals surface area contributed by atoms with Gasteiger partial charge in [-0.15, -0.1) is 11.3 Å². The van der Waals surface area contributed by atoms with Crippen molar-refractivity contribution < 1.29 is 0 Å². The summed E-state index contributed by atoms with van der Waals surface area (Å²) in [6, 6.07) is 2.22. The second-order valence-electron chi connectivity index (χ2n) is 5.08. The molecule has 0 saturated carbocycles. The smallest absolute Gasteiger partial charge is 0.141 e. The number of fused-ring (bicyclic) bond motifs is 3. The minimum absolute atomic E-state index is 0.533. The van der Waals surface area contributed by atoms with Crippen molar-refractivity contribution in [2.45, 2.75) is 39.0 Å². The number of anilines is 1. The van der Waals surface area contributed by atoms with Crippen LogP contribution in [-0.4, -0.2) is 23.1 Å². The van der Waals surface area contributed by atoms with Crippen molar-refractivity contribution in [2.24, 2.45) is 0 Å². The normalized spacial score (nSPS) is 14.0. The molecule has 0 spiro atoms. The van der Waals surface area contributed by atoms with Crippen molar-refractivity contribution >= 4 is 27.4 Å².